The summed E-state index contributed by atoms with van der Waals surface area (Å²) in [7, 11) is 0. The van der Waals surface area contributed by atoms with Crippen LogP contribution in [-0.2, 0) is 6.54 Å². The van der Waals surface area contributed by atoms with Crippen LogP contribution in [0, 0.1) is 0 Å². The minimum atomic E-state index is 0.887. The molecule has 0 N–H and O–H groups in total. The Labute approximate surface area is 117 Å². The molecule has 1 aliphatic heterocycles. The summed E-state index contributed by atoms with van der Waals surface area (Å²) in [4.78, 5) is 6.84. The van der Waals surface area contributed by atoms with E-state index in [-0.39, 0.29) is 0 Å². The maximum absolute atomic E-state index is 6.00. The average molecular weight is 267 g/mol. The first-order chi connectivity index (χ1) is 9.90. The van der Waals surface area contributed by atoms with Crippen LogP contribution in [0.25, 0.3) is 17.1 Å². The van der Waals surface area contributed by atoms with Crippen molar-refractivity contribution in [3.05, 3.63) is 48.5 Å². The Bertz CT molecular complexity index is 722. The van der Waals surface area contributed by atoms with Crippen LogP contribution in [0.2, 0.25) is 0 Å². The van der Waals surface area contributed by atoms with Gasteiger partial charge in [0.15, 0.2) is 5.76 Å². The number of furan rings is 1. The summed E-state index contributed by atoms with van der Waals surface area (Å²) in [6.07, 6.45) is 6.50. The first-order valence-corrected chi connectivity index (χ1v) is 7.14. The molecule has 3 aromatic rings. The van der Waals surface area contributed by atoms with E-state index in [9.17, 15) is 0 Å². The van der Waals surface area contributed by atoms with E-state index in [1.54, 1.807) is 0 Å². The lowest BCUT2D eigenvalue weighted by molar-refractivity contribution is 0.299. The molecule has 0 atom stereocenters. The summed E-state index contributed by atoms with van der Waals surface area (Å²) in [5.41, 5.74) is 1.95. The smallest absolute Gasteiger partial charge is 0.152 e. The average Bonchev–Trinajstić information content (AvgIpc) is 3.18. The fourth-order valence-corrected chi connectivity index (χ4v) is 2.88. The zero-order valence-corrected chi connectivity index (χ0v) is 11.3. The first-order valence-electron chi connectivity index (χ1n) is 7.14. The van der Waals surface area contributed by atoms with E-state index in [1.807, 2.05) is 36.7 Å². The number of hydrogen-bond acceptors (Lipinski definition) is 3. The minimum Gasteiger partial charge on any atom is -0.458 e. The van der Waals surface area contributed by atoms with Crippen molar-refractivity contribution >= 4 is 5.65 Å². The van der Waals surface area contributed by atoms with Gasteiger partial charge in [0.25, 0.3) is 0 Å². The molecule has 0 bridgehead atoms. The molecule has 3 aromatic heterocycles. The van der Waals surface area contributed by atoms with Gasteiger partial charge in [0.05, 0.1) is 12.7 Å². The number of likely N-dealkylation sites (tertiary alicyclic amines) is 1. The van der Waals surface area contributed by atoms with Gasteiger partial charge in [0.1, 0.15) is 17.1 Å². The number of nitrogens with zero attached hydrogens (tertiary/aromatic N) is 3. The maximum Gasteiger partial charge on any atom is 0.152 e. The van der Waals surface area contributed by atoms with Gasteiger partial charge in [-0.15, -0.1) is 0 Å². The molecule has 4 rings (SSSR count). The zero-order chi connectivity index (χ0) is 13.4. The quantitative estimate of drug-likeness (QED) is 0.730. The van der Waals surface area contributed by atoms with Crippen molar-refractivity contribution in [3.63, 3.8) is 0 Å². The fraction of sp³-hybridized carbons (Fsp3) is 0.312. The predicted octanol–water partition coefficient (Wildman–Crippen LogP) is 3.19. The third-order valence-electron chi connectivity index (χ3n) is 3.91. The predicted molar refractivity (Wildman–Crippen MR) is 77.4 cm³/mol. The summed E-state index contributed by atoms with van der Waals surface area (Å²) in [5.74, 6) is 1.92. The molecule has 0 aliphatic carbocycles. The van der Waals surface area contributed by atoms with Crippen molar-refractivity contribution < 1.29 is 4.42 Å². The number of imidazole rings is 1. The van der Waals surface area contributed by atoms with E-state index in [2.05, 4.69) is 20.4 Å². The van der Waals surface area contributed by atoms with E-state index < -0.39 is 0 Å². The number of fused-ring (bicyclic) bond motifs is 1. The van der Waals surface area contributed by atoms with Gasteiger partial charge in [0.2, 0.25) is 0 Å². The molecular weight excluding hydrogens is 250 g/mol. The Hall–Kier alpha value is -2.07. The Morgan fingerprint density at radius 3 is 2.90 bits per heavy atom. The van der Waals surface area contributed by atoms with E-state index in [4.69, 9.17) is 4.42 Å². The SMILES string of the molecule is c1ccn2c(-c3ccc(CN4CCCC4)o3)cnc2c1. The topological polar surface area (TPSA) is 33.7 Å². The highest BCUT2D eigenvalue weighted by molar-refractivity contribution is 5.58. The van der Waals surface area contributed by atoms with E-state index in [0.717, 1.165) is 29.4 Å². The van der Waals surface area contributed by atoms with Crippen LogP contribution >= 0.6 is 0 Å². The second kappa shape index (κ2) is 4.80. The van der Waals surface area contributed by atoms with Crippen LogP contribution in [0.5, 0.6) is 0 Å². The Kier molecular flexibility index (Phi) is 2.81. The van der Waals surface area contributed by atoms with Crippen molar-refractivity contribution in [1.82, 2.24) is 14.3 Å². The molecule has 0 amide bonds. The lowest BCUT2D eigenvalue weighted by atomic mass is 10.3. The molecule has 20 heavy (non-hydrogen) atoms. The van der Waals surface area contributed by atoms with Crippen LogP contribution in [0.3, 0.4) is 0 Å². The van der Waals surface area contributed by atoms with Gasteiger partial charge in [-0.25, -0.2) is 4.98 Å². The number of rotatable bonds is 3. The Morgan fingerprint density at radius 1 is 1.10 bits per heavy atom. The Morgan fingerprint density at radius 2 is 2.00 bits per heavy atom. The summed E-state index contributed by atoms with van der Waals surface area (Å²) in [6, 6.07) is 10.1. The number of pyridine rings is 1. The van der Waals surface area contributed by atoms with E-state index >= 15 is 0 Å². The molecule has 4 nitrogen and oxygen atoms in total. The molecule has 0 radical (unpaired) electrons. The number of hydrogen-bond donors (Lipinski definition) is 0. The third kappa shape index (κ3) is 2.02. The molecule has 4 heterocycles. The van der Waals surface area contributed by atoms with E-state index in [0.29, 0.717) is 0 Å². The monoisotopic (exact) mass is 267 g/mol. The van der Waals surface area contributed by atoms with Gasteiger partial charge in [-0.05, 0) is 50.2 Å². The summed E-state index contributed by atoms with van der Waals surface area (Å²) in [6.45, 7) is 3.29. The van der Waals surface area contributed by atoms with Crippen LogP contribution in [0.15, 0.2) is 47.1 Å². The molecular formula is C16H17N3O. The van der Waals surface area contributed by atoms with Crippen LogP contribution in [0.1, 0.15) is 18.6 Å². The third-order valence-corrected chi connectivity index (χ3v) is 3.91. The second-order valence-electron chi connectivity index (χ2n) is 5.32. The second-order valence-corrected chi connectivity index (χ2v) is 5.32. The highest BCUT2D eigenvalue weighted by Gasteiger charge is 2.15. The summed E-state index contributed by atoms with van der Waals surface area (Å²) < 4.78 is 8.05. The van der Waals surface area contributed by atoms with Crippen molar-refractivity contribution in [2.75, 3.05) is 13.1 Å². The molecule has 4 heteroatoms. The standard InChI is InChI=1S/C16H17N3O/c1-2-10-19-14(11-17-16(19)5-1)15-7-6-13(20-15)12-18-8-3-4-9-18/h1-2,5-7,10-11H,3-4,8-9,12H2. The van der Waals surface area contributed by atoms with E-state index in [1.165, 1.54) is 25.9 Å². The van der Waals surface area contributed by atoms with Gasteiger partial charge in [0, 0.05) is 6.20 Å². The molecule has 1 fully saturated rings. The lowest BCUT2D eigenvalue weighted by Crippen LogP contribution is -2.17. The molecule has 1 aliphatic rings. The molecule has 1 saturated heterocycles. The highest BCUT2D eigenvalue weighted by Crippen LogP contribution is 2.24. The van der Waals surface area contributed by atoms with Crippen molar-refractivity contribution in [2.45, 2.75) is 19.4 Å². The van der Waals surface area contributed by atoms with Gasteiger partial charge >= 0.3 is 0 Å². The number of aromatic nitrogens is 2. The summed E-state index contributed by atoms with van der Waals surface area (Å²) >= 11 is 0. The van der Waals surface area contributed by atoms with Crippen molar-refractivity contribution in [1.29, 1.82) is 0 Å². The molecule has 0 unspecified atom stereocenters. The largest absolute Gasteiger partial charge is 0.458 e. The van der Waals surface area contributed by atoms with Crippen molar-refractivity contribution in [2.24, 2.45) is 0 Å². The molecule has 102 valence electrons. The first kappa shape index (κ1) is 11.7. The maximum atomic E-state index is 6.00. The van der Waals surface area contributed by atoms with Crippen molar-refractivity contribution in [3.8, 4) is 11.5 Å². The van der Waals surface area contributed by atoms with Gasteiger partial charge < -0.3 is 4.42 Å². The minimum absolute atomic E-state index is 0.887. The van der Waals surface area contributed by atoms with Gasteiger partial charge in [-0.2, -0.15) is 0 Å². The normalized spacial score (nSPS) is 16.2. The van der Waals surface area contributed by atoms with Gasteiger partial charge in [-0.1, -0.05) is 6.07 Å². The lowest BCUT2D eigenvalue weighted by Gasteiger charge is -2.11. The van der Waals surface area contributed by atoms with Crippen LogP contribution in [0.4, 0.5) is 0 Å². The molecule has 0 spiro atoms. The fourth-order valence-electron chi connectivity index (χ4n) is 2.88. The highest BCUT2D eigenvalue weighted by atomic mass is 16.3. The molecule has 0 saturated carbocycles. The summed E-state index contributed by atoms with van der Waals surface area (Å²) in [5, 5.41) is 0. The van der Waals surface area contributed by atoms with Crippen LogP contribution in [-0.4, -0.2) is 27.4 Å². The Balaban J connectivity index is 1.64. The molecule has 0 aromatic carbocycles. The van der Waals surface area contributed by atoms with Crippen LogP contribution < -0.4 is 0 Å². The van der Waals surface area contributed by atoms with Gasteiger partial charge in [-0.3, -0.25) is 9.30 Å². The zero-order valence-electron chi connectivity index (χ0n) is 11.3.